The van der Waals surface area contributed by atoms with Crippen LogP contribution in [0.25, 0.3) is 5.69 Å². The molecule has 3 aromatic rings. The Balaban J connectivity index is 1.69. The van der Waals surface area contributed by atoms with Crippen molar-refractivity contribution in [1.82, 2.24) is 24.5 Å². The number of carbonyl (C=O) groups is 1. The van der Waals surface area contributed by atoms with Crippen molar-refractivity contribution in [3.05, 3.63) is 55.0 Å². The van der Waals surface area contributed by atoms with Gasteiger partial charge in [0.2, 0.25) is 11.9 Å². The summed E-state index contributed by atoms with van der Waals surface area (Å²) in [5, 5.41) is 10.7. The lowest BCUT2D eigenvalue weighted by atomic mass is 10.4. The van der Waals surface area contributed by atoms with E-state index in [0.717, 1.165) is 0 Å². The molecular weight excluding hydrogens is 275 g/mol. The molecule has 1 N–H and O–H groups in total. The van der Waals surface area contributed by atoms with Crippen LogP contribution in [0.2, 0.25) is 0 Å². The summed E-state index contributed by atoms with van der Waals surface area (Å²) in [6, 6.07) is 6.23. The number of rotatable bonds is 4. The minimum atomic E-state index is -0.590. The number of hydrogen-bond donors (Lipinski definition) is 1. The highest BCUT2D eigenvalue weighted by atomic mass is 19.1. The molecule has 0 saturated heterocycles. The zero-order valence-corrected chi connectivity index (χ0v) is 10.8. The van der Waals surface area contributed by atoms with Crippen LogP contribution in [0.3, 0.4) is 0 Å². The van der Waals surface area contributed by atoms with Crippen LogP contribution in [0.5, 0.6) is 0 Å². The van der Waals surface area contributed by atoms with Crippen molar-refractivity contribution in [1.29, 1.82) is 0 Å². The summed E-state index contributed by atoms with van der Waals surface area (Å²) >= 11 is 0. The van der Waals surface area contributed by atoms with Gasteiger partial charge < -0.3 is 5.32 Å². The lowest BCUT2D eigenvalue weighted by Crippen LogP contribution is -2.19. The summed E-state index contributed by atoms with van der Waals surface area (Å²) in [5.74, 6) is -0.457. The van der Waals surface area contributed by atoms with Gasteiger partial charge in [0.25, 0.3) is 0 Å². The molecule has 106 valence electrons. The van der Waals surface area contributed by atoms with Crippen molar-refractivity contribution < 1.29 is 9.18 Å². The molecule has 8 heteroatoms. The first kappa shape index (κ1) is 13.0. The second kappa shape index (κ2) is 5.53. The van der Waals surface area contributed by atoms with E-state index >= 15 is 0 Å². The summed E-state index contributed by atoms with van der Waals surface area (Å²) in [4.78, 5) is 15.3. The Morgan fingerprint density at radius 1 is 1.29 bits per heavy atom. The Kier molecular flexibility index (Phi) is 3.42. The van der Waals surface area contributed by atoms with E-state index in [1.54, 1.807) is 36.8 Å². The predicted molar refractivity (Wildman–Crippen MR) is 72.2 cm³/mol. The molecule has 0 aliphatic rings. The molecule has 0 radical (unpaired) electrons. The number of amides is 1. The monoisotopic (exact) mass is 286 g/mol. The lowest BCUT2D eigenvalue weighted by molar-refractivity contribution is -0.116. The first-order valence-corrected chi connectivity index (χ1v) is 6.15. The Morgan fingerprint density at radius 2 is 2.19 bits per heavy atom. The number of nitrogens with zero attached hydrogens (tertiary/aromatic N) is 5. The predicted octanol–water partition coefficient (Wildman–Crippen LogP) is 1.24. The molecule has 0 unspecified atom stereocenters. The molecule has 0 spiro atoms. The van der Waals surface area contributed by atoms with Crippen LogP contribution in [-0.4, -0.2) is 30.5 Å². The van der Waals surface area contributed by atoms with Crippen LogP contribution in [-0.2, 0) is 11.3 Å². The van der Waals surface area contributed by atoms with Crippen LogP contribution in [0.15, 0.2) is 49.1 Å². The van der Waals surface area contributed by atoms with E-state index in [2.05, 4.69) is 20.5 Å². The van der Waals surface area contributed by atoms with E-state index in [9.17, 15) is 9.18 Å². The largest absolute Gasteiger partial charge is 0.308 e. The van der Waals surface area contributed by atoms with Crippen molar-refractivity contribution in [2.24, 2.45) is 0 Å². The zero-order valence-electron chi connectivity index (χ0n) is 10.8. The Hall–Kier alpha value is -3.03. The highest BCUT2D eigenvalue weighted by Crippen LogP contribution is 2.10. The molecule has 0 aliphatic heterocycles. The number of nitrogens with one attached hydrogen (secondary N) is 1. The van der Waals surface area contributed by atoms with Crippen molar-refractivity contribution in [3.8, 4) is 5.69 Å². The average Bonchev–Trinajstić information content (AvgIpc) is 3.10. The van der Waals surface area contributed by atoms with Gasteiger partial charge in [0.1, 0.15) is 6.54 Å². The van der Waals surface area contributed by atoms with Gasteiger partial charge in [-0.3, -0.25) is 9.48 Å². The maximum atomic E-state index is 13.0. The smallest absolute Gasteiger partial charge is 0.247 e. The van der Waals surface area contributed by atoms with Gasteiger partial charge in [0, 0.05) is 36.9 Å². The first-order chi connectivity index (χ1) is 10.2. The molecule has 7 nitrogen and oxygen atoms in total. The number of carbonyl (C=O) groups excluding carboxylic acids is 1. The van der Waals surface area contributed by atoms with Crippen LogP contribution >= 0.6 is 0 Å². The van der Waals surface area contributed by atoms with Gasteiger partial charge in [0.05, 0.1) is 5.69 Å². The number of anilines is 1. The summed E-state index contributed by atoms with van der Waals surface area (Å²) in [7, 11) is 0. The molecular formula is C13H11FN6O. The molecule has 1 amide bonds. The second-order valence-electron chi connectivity index (χ2n) is 4.23. The SMILES string of the molecule is O=C(Cn1cccn1)Nc1ccn(-c2ccnc(F)c2)n1. The fourth-order valence-corrected chi connectivity index (χ4v) is 1.79. The fraction of sp³-hybridized carbons (Fsp3) is 0.0769. The standard InChI is InChI=1S/C13H11FN6O/c14-11-8-10(2-5-15-11)20-7-3-12(18-20)17-13(21)9-19-6-1-4-16-19/h1-8H,9H2,(H,17,18,21). The topological polar surface area (TPSA) is 77.6 Å². The van der Waals surface area contributed by atoms with E-state index in [4.69, 9.17) is 0 Å². The van der Waals surface area contributed by atoms with E-state index < -0.39 is 5.95 Å². The minimum Gasteiger partial charge on any atom is -0.308 e. The highest BCUT2D eigenvalue weighted by Gasteiger charge is 2.07. The van der Waals surface area contributed by atoms with E-state index in [1.807, 2.05) is 0 Å². The quantitative estimate of drug-likeness (QED) is 0.732. The fourth-order valence-electron chi connectivity index (χ4n) is 1.79. The van der Waals surface area contributed by atoms with Crippen LogP contribution in [0, 0.1) is 5.95 Å². The van der Waals surface area contributed by atoms with Crippen molar-refractivity contribution in [2.45, 2.75) is 6.54 Å². The molecule has 0 aliphatic carbocycles. The van der Waals surface area contributed by atoms with Gasteiger partial charge in [-0.15, -0.1) is 0 Å². The second-order valence-corrected chi connectivity index (χ2v) is 4.23. The summed E-state index contributed by atoms with van der Waals surface area (Å²) in [6.07, 6.45) is 6.26. The average molecular weight is 286 g/mol. The van der Waals surface area contributed by atoms with Gasteiger partial charge in [-0.2, -0.15) is 14.6 Å². The molecule has 0 saturated carbocycles. The third-order valence-electron chi connectivity index (χ3n) is 2.70. The minimum absolute atomic E-state index is 0.101. The normalized spacial score (nSPS) is 10.5. The Bertz CT molecular complexity index is 752. The van der Waals surface area contributed by atoms with Gasteiger partial charge in [-0.05, 0) is 12.1 Å². The number of hydrogen-bond acceptors (Lipinski definition) is 4. The molecule has 3 rings (SSSR count). The van der Waals surface area contributed by atoms with Crippen molar-refractivity contribution in [3.63, 3.8) is 0 Å². The summed E-state index contributed by atoms with van der Waals surface area (Å²) in [5.41, 5.74) is 0.523. The van der Waals surface area contributed by atoms with Crippen LogP contribution < -0.4 is 5.32 Å². The van der Waals surface area contributed by atoms with Gasteiger partial charge in [-0.25, -0.2) is 9.67 Å². The van der Waals surface area contributed by atoms with E-state index in [-0.39, 0.29) is 12.5 Å². The maximum Gasteiger partial charge on any atom is 0.247 e. The van der Waals surface area contributed by atoms with Crippen LogP contribution in [0.4, 0.5) is 10.2 Å². The molecule has 0 aromatic carbocycles. The molecule has 21 heavy (non-hydrogen) atoms. The zero-order chi connectivity index (χ0) is 14.7. The maximum absolute atomic E-state index is 13.0. The number of aromatic nitrogens is 5. The molecule has 3 heterocycles. The van der Waals surface area contributed by atoms with Gasteiger partial charge in [0.15, 0.2) is 5.82 Å². The third-order valence-corrected chi connectivity index (χ3v) is 2.70. The van der Waals surface area contributed by atoms with Gasteiger partial charge in [-0.1, -0.05) is 0 Å². The van der Waals surface area contributed by atoms with Crippen molar-refractivity contribution >= 4 is 11.7 Å². The van der Waals surface area contributed by atoms with E-state index in [0.29, 0.717) is 11.5 Å². The molecule has 0 bridgehead atoms. The number of pyridine rings is 1. The Morgan fingerprint density at radius 3 is 2.95 bits per heavy atom. The Labute approximate surface area is 119 Å². The summed E-state index contributed by atoms with van der Waals surface area (Å²) < 4.78 is 16.0. The summed E-state index contributed by atoms with van der Waals surface area (Å²) in [6.45, 7) is 0.101. The molecule has 0 fully saturated rings. The molecule has 3 aromatic heterocycles. The number of halogens is 1. The van der Waals surface area contributed by atoms with Crippen LogP contribution in [0.1, 0.15) is 0 Å². The molecule has 0 atom stereocenters. The van der Waals surface area contributed by atoms with E-state index in [1.165, 1.54) is 21.6 Å². The third kappa shape index (κ3) is 3.11. The van der Waals surface area contributed by atoms with Crippen molar-refractivity contribution in [2.75, 3.05) is 5.32 Å². The first-order valence-electron chi connectivity index (χ1n) is 6.15. The highest BCUT2D eigenvalue weighted by molar-refractivity contribution is 5.89. The lowest BCUT2D eigenvalue weighted by Gasteiger charge is -2.03. The van der Waals surface area contributed by atoms with Gasteiger partial charge >= 0.3 is 0 Å².